The number of carbonyl (C=O) groups excluding carboxylic acids is 1. The van der Waals surface area contributed by atoms with Crippen molar-refractivity contribution in [2.24, 2.45) is 0 Å². The largest absolute Gasteiger partial charge is 0.379 e. The smallest absolute Gasteiger partial charge is 0.270 e. The van der Waals surface area contributed by atoms with Crippen LogP contribution in [0.2, 0.25) is 5.02 Å². The number of benzene rings is 1. The van der Waals surface area contributed by atoms with Gasteiger partial charge in [0.15, 0.2) is 5.13 Å². The average molecular weight is 354 g/mol. The fraction of sp³-hybridized carbons (Fsp3) is 0.375. The highest BCUT2D eigenvalue weighted by Gasteiger charge is 2.10. The maximum absolute atomic E-state index is 12.0. The lowest BCUT2D eigenvalue weighted by molar-refractivity contribution is 0.0756. The lowest BCUT2D eigenvalue weighted by atomic mass is 10.3. The lowest BCUT2D eigenvalue weighted by Gasteiger charge is -2.07. The van der Waals surface area contributed by atoms with Crippen molar-refractivity contribution < 1.29 is 9.53 Å². The first-order valence-corrected chi connectivity index (χ1v) is 8.68. The molecule has 7 heteroatoms. The van der Waals surface area contributed by atoms with Crippen LogP contribution in [0.1, 0.15) is 30.8 Å². The zero-order valence-electron chi connectivity index (χ0n) is 13.1. The zero-order chi connectivity index (χ0) is 16.7. The van der Waals surface area contributed by atoms with Crippen molar-refractivity contribution in [1.29, 1.82) is 0 Å². The molecule has 0 aliphatic heterocycles. The SMILES string of the molecule is CC(C)OCCCNC(=O)c1csc(Nc2ccc(Cl)cc2)n1. The molecular formula is C16H20ClN3O2S. The minimum absolute atomic E-state index is 0.171. The molecule has 2 aromatic rings. The molecule has 1 aromatic carbocycles. The molecule has 5 nitrogen and oxygen atoms in total. The minimum atomic E-state index is -0.171. The second-order valence-corrected chi connectivity index (χ2v) is 6.49. The summed E-state index contributed by atoms with van der Waals surface area (Å²) >= 11 is 7.23. The number of thiazole rings is 1. The Balaban J connectivity index is 1.79. The highest BCUT2D eigenvalue weighted by molar-refractivity contribution is 7.14. The molecule has 2 N–H and O–H groups in total. The van der Waals surface area contributed by atoms with Gasteiger partial charge in [0.1, 0.15) is 5.69 Å². The normalized spacial score (nSPS) is 10.8. The third kappa shape index (κ3) is 6.17. The molecule has 0 unspecified atom stereocenters. The fourth-order valence-electron chi connectivity index (χ4n) is 1.78. The second kappa shape index (κ2) is 8.86. The molecule has 0 bridgehead atoms. The predicted octanol–water partition coefficient (Wildman–Crippen LogP) is 4.09. The number of rotatable bonds is 8. The Morgan fingerprint density at radius 3 is 2.78 bits per heavy atom. The molecule has 2 rings (SSSR count). The van der Waals surface area contributed by atoms with Crippen molar-refractivity contribution in [2.45, 2.75) is 26.4 Å². The molecule has 23 heavy (non-hydrogen) atoms. The summed E-state index contributed by atoms with van der Waals surface area (Å²) in [6.07, 6.45) is 0.995. The molecule has 0 radical (unpaired) electrons. The molecule has 0 saturated heterocycles. The molecule has 0 aliphatic carbocycles. The monoisotopic (exact) mass is 353 g/mol. The first kappa shape index (κ1) is 17.7. The Morgan fingerprint density at radius 2 is 2.09 bits per heavy atom. The maximum Gasteiger partial charge on any atom is 0.270 e. The van der Waals surface area contributed by atoms with Gasteiger partial charge in [0, 0.05) is 29.2 Å². The summed E-state index contributed by atoms with van der Waals surface area (Å²) in [4.78, 5) is 16.3. The van der Waals surface area contributed by atoms with Crippen molar-refractivity contribution in [1.82, 2.24) is 10.3 Å². The van der Waals surface area contributed by atoms with Crippen LogP contribution in [0.3, 0.4) is 0 Å². The van der Waals surface area contributed by atoms with E-state index in [1.807, 2.05) is 26.0 Å². The Bertz CT molecular complexity index is 629. The van der Waals surface area contributed by atoms with Crippen molar-refractivity contribution in [3.8, 4) is 0 Å². The van der Waals surface area contributed by atoms with E-state index in [2.05, 4.69) is 15.6 Å². The van der Waals surface area contributed by atoms with Crippen molar-refractivity contribution in [3.63, 3.8) is 0 Å². The zero-order valence-corrected chi connectivity index (χ0v) is 14.7. The third-order valence-corrected chi connectivity index (χ3v) is 3.90. The van der Waals surface area contributed by atoms with Crippen LogP contribution in [0.25, 0.3) is 0 Å². The molecule has 1 amide bonds. The summed E-state index contributed by atoms with van der Waals surface area (Å²) in [6, 6.07) is 7.31. The van der Waals surface area contributed by atoms with E-state index < -0.39 is 0 Å². The Hall–Kier alpha value is -1.63. The molecule has 0 saturated carbocycles. The number of halogens is 1. The first-order valence-electron chi connectivity index (χ1n) is 7.42. The van der Waals surface area contributed by atoms with Crippen LogP contribution in [0.4, 0.5) is 10.8 Å². The van der Waals surface area contributed by atoms with Gasteiger partial charge >= 0.3 is 0 Å². The number of aromatic nitrogens is 1. The number of hydrogen-bond acceptors (Lipinski definition) is 5. The van der Waals surface area contributed by atoms with Gasteiger partial charge < -0.3 is 15.4 Å². The van der Waals surface area contributed by atoms with E-state index in [0.29, 0.717) is 29.0 Å². The molecule has 0 atom stereocenters. The third-order valence-electron chi connectivity index (χ3n) is 2.89. The van der Waals surface area contributed by atoms with Crippen LogP contribution in [0.5, 0.6) is 0 Å². The number of nitrogens with zero attached hydrogens (tertiary/aromatic N) is 1. The van der Waals surface area contributed by atoms with Crippen molar-refractivity contribution >= 4 is 39.7 Å². The number of ether oxygens (including phenoxy) is 1. The lowest BCUT2D eigenvalue weighted by Crippen LogP contribution is -2.25. The van der Waals surface area contributed by atoms with Crippen molar-refractivity contribution in [2.75, 3.05) is 18.5 Å². The summed E-state index contributed by atoms with van der Waals surface area (Å²) in [5, 5.41) is 9.06. The van der Waals surface area contributed by atoms with Gasteiger partial charge in [-0.05, 0) is 44.5 Å². The molecule has 0 fully saturated rings. The van der Waals surface area contributed by atoms with E-state index in [1.54, 1.807) is 17.5 Å². The summed E-state index contributed by atoms with van der Waals surface area (Å²) in [5.74, 6) is -0.171. The molecule has 1 aromatic heterocycles. The highest BCUT2D eigenvalue weighted by Crippen LogP contribution is 2.22. The molecule has 124 valence electrons. The molecule has 1 heterocycles. The van der Waals surface area contributed by atoms with Crippen LogP contribution in [0, 0.1) is 0 Å². The number of carbonyl (C=O) groups is 1. The molecular weight excluding hydrogens is 334 g/mol. The average Bonchev–Trinajstić information content (AvgIpc) is 2.97. The van der Waals surface area contributed by atoms with Gasteiger partial charge in [0.2, 0.25) is 0 Å². The number of nitrogens with one attached hydrogen (secondary N) is 2. The van der Waals surface area contributed by atoms with Gasteiger partial charge in [-0.1, -0.05) is 11.6 Å². The van der Waals surface area contributed by atoms with Gasteiger partial charge in [0.05, 0.1) is 6.10 Å². The summed E-state index contributed by atoms with van der Waals surface area (Å²) in [6.45, 7) is 5.19. The fourth-order valence-corrected chi connectivity index (χ4v) is 2.61. The van der Waals surface area contributed by atoms with Gasteiger partial charge in [-0.15, -0.1) is 11.3 Å². The number of hydrogen-bond donors (Lipinski definition) is 2. The summed E-state index contributed by atoms with van der Waals surface area (Å²) in [7, 11) is 0. The van der Waals surface area contributed by atoms with Crippen LogP contribution in [0.15, 0.2) is 29.6 Å². The van der Waals surface area contributed by atoms with Crippen LogP contribution in [-0.2, 0) is 4.74 Å². The van der Waals surface area contributed by atoms with E-state index in [0.717, 1.165) is 12.1 Å². The van der Waals surface area contributed by atoms with Crippen LogP contribution in [-0.4, -0.2) is 30.1 Å². The highest BCUT2D eigenvalue weighted by atomic mass is 35.5. The second-order valence-electron chi connectivity index (χ2n) is 5.20. The summed E-state index contributed by atoms with van der Waals surface area (Å²) in [5.41, 5.74) is 1.29. The van der Waals surface area contributed by atoms with E-state index in [9.17, 15) is 4.79 Å². The van der Waals surface area contributed by atoms with Gasteiger partial charge in [-0.3, -0.25) is 4.79 Å². The Kier molecular flexibility index (Phi) is 6.83. The summed E-state index contributed by atoms with van der Waals surface area (Å²) < 4.78 is 5.42. The van der Waals surface area contributed by atoms with Crippen molar-refractivity contribution in [3.05, 3.63) is 40.4 Å². The predicted molar refractivity (Wildman–Crippen MR) is 94.9 cm³/mol. The van der Waals surface area contributed by atoms with Crippen LogP contribution < -0.4 is 10.6 Å². The molecule has 0 spiro atoms. The standard InChI is InChI=1S/C16H20ClN3O2S/c1-11(2)22-9-3-8-18-15(21)14-10-23-16(20-14)19-13-6-4-12(17)5-7-13/h4-7,10-11H,3,8-9H2,1-2H3,(H,18,21)(H,19,20). The minimum Gasteiger partial charge on any atom is -0.379 e. The van der Waals surface area contributed by atoms with Gasteiger partial charge in [-0.2, -0.15) is 0 Å². The first-order chi connectivity index (χ1) is 11.0. The molecule has 0 aliphatic rings. The Morgan fingerprint density at radius 1 is 1.35 bits per heavy atom. The van der Waals surface area contributed by atoms with Gasteiger partial charge in [0.25, 0.3) is 5.91 Å². The van der Waals surface area contributed by atoms with E-state index >= 15 is 0 Å². The van der Waals surface area contributed by atoms with Crippen LogP contribution >= 0.6 is 22.9 Å². The van der Waals surface area contributed by atoms with E-state index in [-0.39, 0.29) is 12.0 Å². The van der Waals surface area contributed by atoms with E-state index in [4.69, 9.17) is 16.3 Å². The number of anilines is 2. The Labute approximate surface area is 145 Å². The topological polar surface area (TPSA) is 63.2 Å². The maximum atomic E-state index is 12.0. The van der Waals surface area contributed by atoms with Gasteiger partial charge in [-0.25, -0.2) is 4.98 Å². The number of amides is 1. The van der Waals surface area contributed by atoms with E-state index in [1.165, 1.54) is 11.3 Å². The quantitative estimate of drug-likeness (QED) is 0.702.